The normalized spacial score (nSPS) is 20.1. The summed E-state index contributed by atoms with van der Waals surface area (Å²) in [6.45, 7) is 0.659. The molecule has 38 heavy (non-hydrogen) atoms. The first-order chi connectivity index (χ1) is 17.6. The second kappa shape index (κ2) is 9.95. The Labute approximate surface area is 214 Å². The van der Waals surface area contributed by atoms with Crippen LogP contribution in [0.15, 0.2) is 54.2 Å². The van der Waals surface area contributed by atoms with Gasteiger partial charge in [0.15, 0.2) is 5.78 Å². The van der Waals surface area contributed by atoms with Crippen LogP contribution in [0.4, 0.5) is 41.2 Å². The maximum absolute atomic E-state index is 13.6. The van der Waals surface area contributed by atoms with Crippen molar-refractivity contribution >= 4 is 17.5 Å². The van der Waals surface area contributed by atoms with Gasteiger partial charge in [0.05, 0.1) is 17.2 Å². The van der Waals surface area contributed by atoms with Gasteiger partial charge in [-0.1, -0.05) is 12.1 Å². The summed E-state index contributed by atoms with van der Waals surface area (Å²) in [5.41, 5.74) is -2.14. The Bertz CT molecular complexity index is 1220. The molecule has 1 fully saturated rings. The number of nitrogens with zero attached hydrogens (tertiary/aromatic N) is 3. The van der Waals surface area contributed by atoms with Gasteiger partial charge in [0, 0.05) is 57.0 Å². The van der Waals surface area contributed by atoms with Crippen molar-refractivity contribution in [2.45, 2.75) is 37.2 Å². The van der Waals surface area contributed by atoms with Crippen molar-refractivity contribution in [2.24, 2.45) is 0 Å². The van der Waals surface area contributed by atoms with Crippen LogP contribution in [0.2, 0.25) is 0 Å². The number of likely N-dealkylation sites (tertiary alicyclic amines) is 1. The fourth-order valence-electron chi connectivity index (χ4n) is 4.90. The molecule has 5 nitrogen and oxygen atoms in total. The van der Waals surface area contributed by atoms with Crippen LogP contribution in [0.25, 0.3) is 0 Å². The summed E-state index contributed by atoms with van der Waals surface area (Å²) in [7, 11) is 2.52. The van der Waals surface area contributed by atoms with Crippen LogP contribution in [0.5, 0.6) is 0 Å². The minimum Gasteiger partial charge on any atom is -0.372 e. The largest absolute Gasteiger partial charge is 0.416 e. The standard InChI is InChI=1S/C26H24F7N3O2/c1-34(20-10-16(25(28,29)30)9-17(11-20)26(31,32)33)24(38)35(2)23-14-36(19-7-8-21(37)12-19)13-22(23)15-3-5-18(27)6-4-15/h3-6,9-12,22-23H,7-8,13-14H2,1-2H3/t22-,23+/m0/s1. The average Bonchev–Trinajstić information content (AvgIpc) is 3.48. The topological polar surface area (TPSA) is 43.9 Å². The number of ketones is 1. The third-order valence-corrected chi connectivity index (χ3v) is 6.99. The Morgan fingerprint density at radius 3 is 1.97 bits per heavy atom. The van der Waals surface area contributed by atoms with Crippen LogP contribution in [-0.2, 0) is 17.1 Å². The van der Waals surface area contributed by atoms with Crippen LogP contribution in [0, 0.1) is 5.82 Å². The maximum atomic E-state index is 13.6. The van der Waals surface area contributed by atoms with Gasteiger partial charge in [0.25, 0.3) is 0 Å². The molecule has 2 aliphatic rings. The number of benzene rings is 2. The number of halogens is 7. The Balaban J connectivity index is 1.66. The molecule has 0 bridgehead atoms. The monoisotopic (exact) mass is 543 g/mol. The van der Waals surface area contributed by atoms with Gasteiger partial charge in [-0.3, -0.25) is 9.69 Å². The molecule has 4 rings (SSSR count). The van der Waals surface area contributed by atoms with E-state index >= 15 is 0 Å². The molecule has 0 saturated carbocycles. The Morgan fingerprint density at radius 2 is 1.47 bits per heavy atom. The van der Waals surface area contributed by atoms with Crippen LogP contribution < -0.4 is 4.90 Å². The van der Waals surface area contributed by atoms with E-state index < -0.39 is 47.1 Å². The minimum atomic E-state index is -5.06. The lowest BCUT2D eigenvalue weighted by Crippen LogP contribution is -2.47. The van der Waals surface area contributed by atoms with Crippen LogP contribution >= 0.6 is 0 Å². The van der Waals surface area contributed by atoms with E-state index in [4.69, 9.17) is 0 Å². The third kappa shape index (κ3) is 5.63. The van der Waals surface area contributed by atoms with Crippen molar-refractivity contribution < 1.29 is 40.3 Å². The Kier molecular flexibility index (Phi) is 7.19. The fraction of sp³-hybridized carbons (Fsp3) is 0.385. The van der Waals surface area contributed by atoms with E-state index in [1.165, 1.54) is 30.2 Å². The number of amides is 2. The van der Waals surface area contributed by atoms with Gasteiger partial charge in [-0.25, -0.2) is 9.18 Å². The highest BCUT2D eigenvalue weighted by Crippen LogP contribution is 2.39. The van der Waals surface area contributed by atoms with E-state index in [9.17, 15) is 40.3 Å². The average molecular weight is 543 g/mol. The van der Waals surface area contributed by atoms with E-state index in [2.05, 4.69) is 0 Å². The summed E-state index contributed by atoms with van der Waals surface area (Å²) in [5.74, 6) is -0.851. The highest BCUT2D eigenvalue weighted by atomic mass is 19.4. The second-order valence-electron chi connectivity index (χ2n) is 9.45. The summed E-state index contributed by atoms with van der Waals surface area (Å²) >= 11 is 0. The fourth-order valence-corrected chi connectivity index (χ4v) is 4.90. The van der Waals surface area contributed by atoms with Gasteiger partial charge in [-0.2, -0.15) is 26.3 Å². The van der Waals surface area contributed by atoms with E-state index in [1.807, 2.05) is 4.90 Å². The molecular weight excluding hydrogens is 519 g/mol. The summed E-state index contributed by atoms with van der Waals surface area (Å²) in [4.78, 5) is 29.1. The number of allylic oxidation sites excluding steroid dienone is 2. The number of alkyl halides is 6. The maximum Gasteiger partial charge on any atom is 0.416 e. The number of anilines is 1. The predicted octanol–water partition coefficient (Wildman–Crippen LogP) is 6.07. The van der Waals surface area contributed by atoms with Gasteiger partial charge >= 0.3 is 18.4 Å². The molecule has 204 valence electrons. The molecule has 12 heteroatoms. The first-order valence-corrected chi connectivity index (χ1v) is 11.7. The molecule has 0 aromatic heterocycles. The molecule has 0 N–H and O–H groups in total. The molecule has 0 spiro atoms. The number of rotatable bonds is 4. The van der Waals surface area contributed by atoms with Gasteiger partial charge in [-0.05, 0) is 42.3 Å². The predicted molar refractivity (Wildman–Crippen MR) is 125 cm³/mol. The summed E-state index contributed by atoms with van der Waals surface area (Å²) < 4.78 is 93.6. The molecule has 2 aromatic rings. The number of urea groups is 1. The lowest BCUT2D eigenvalue weighted by Gasteiger charge is -2.33. The zero-order chi connectivity index (χ0) is 28.0. The third-order valence-electron chi connectivity index (χ3n) is 6.99. The number of carbonyl (C=O) groups is 2. The molecule has 2 aromatic carbocycles. The number of carbonyl (C=O) groups excluding carboxylic acids is 2. The van der Waals surface area contributed by atoms with Gasteiger partial charge in [-0.15, -0.1) is 0 Å². The summed E-state index contributed by atoms with van der Waals surface area (Å²) in [6.07, 6.45) is -7.72. The molecule has 0 unspecified atom stereocenters. The molecule has 2 atom stereocenters. The Morgan fingerprint density at radius 1 is 0.895 bits per heavy atom. The highest BCUT2D eigenvalue weighted by molar-refractivity contribution is 5.93. The van der Waals surface area contributed by atoms with Gasteiger partial charge in [0.2, 0.25) is 0 Å². The van der Waals surface area contributed by atoms with Crippen molar-refractivity contribution in [3.05, 3.63) is 76.7 Å². The highest BCUT2D eigenvalue weighted by Gasteiger charge is 2.41. The molecule has 2 amide bonds. The minimum absolute atomic E-state index is 0.00155. The number of likely N-dealkylation sites (N-methyl/N-ethyl adjacent to an activating group) is 1. The second-order valence-corrected chi connectivity index (χ2v) is 9.45. The van der Waals surface area contributed by atoms with E-state index in [0.29, 0.717) is 37.1 Å². The molecule has 1 saturated heterocycles. The number of hydrogen-bond acceptors (Lipinski definition) is 3. The van der Waals surface area contributed by atoms with Gasteiger partial charge in [0.1, 0.15) is 5.82 Å². The van der Waals surface area contributed by atoms with Crippen LogP contribution in [0.1, 0.15) is 35.4 Å². The van der Waals surface area contributed by atoms with Crippen LogP contribution in [0.3, 0.4) is 0 Å². The molecule has 1 aliphatic heterocycles. The molecular formula is C26H24F7N3O2. The molecule has 0 radical (unpaired) electrons. The zero-order valence-electron chi connectivity index (χ0n) is 20.4. The van der Waals surface area contributed by atoms with Gasteiger partial charge < -0.3 is 9.80 Å². The first kappa shape index (κ1) is 27.5. The van der Waals surface area contributed by atoms with Crippen molar-refractivity contribution in [2.75, 3.05) is 32.1 Å². The SMILES string of the molecule is CN(C(=O)N(C)[C@@H]1CN(C2=CC(=O)CC2)C[C@H]1c1ccc(F)cc1)c1cc(C(F)(F)F)cc(C(F)(F)F)c1. The summed E-state index contributed by atoms with van der Waals surface area (Å²) in [6, 6.07) is 5.26. The lowest BCUT2D eigenvalue weighted by atomic mass is 9.93. The summed E-state index contributed by atoms with van der Waals surface area (Å²) in [5, 5.41) is 0. The van der Waals surface area contributed by atoms with Crippen molar-refractivity contribution in [3.8, 4) is 0 Å². The van der Waals surface area contributed by atoms with E-state index in [0.717, 1.165) is 17.6 Å². The Hall–Kier alpha value is -3.57. The lowest BCUT2D eigenvalue weighted by molar-refractivity contribution is -0.143. The molecule has 1 heterocycles. The first-order valence-electron chi connectivity index (χ1n) is 11.7. The molecule has 1 aliphatic carbocycles. The quantitative estimate of drug-likeness (QED) is 0.440. The van der Waals surface area contributed by atoms with Crippen LogP contribution in [-0.4, -0.2) is 54.8 Å². The zero-order valence-corrected chi connectivity index (χ0v) is 20.4. The van der Waals surface area contributed by atoms with Crippen molar-refractivity contribution in [3.63, 3.8) is 0 Å². The van der Waals surface area contributed by atoms with E-state index in [-0.39, 0.29) is 24.3 Å². The van der Waals surface area contributed by atoms with E-state index in [1.54, 1.807) is 12.1 Å². The number of hydrogen-bond donors (Lipinski definition) is 0. The van der Waals surface area contributed by atoms with Crippen molar-refractivity contribution in [1.29, 1.82) is 0 Å². The van der Waals surface area contributed by atoms with Crippen molar-refractivity contribution in [1.82, 2.24) is 9.80 Å². The smallest absolute Gasteiger partial charge is 0.372 e.